The minimum absolute atomic E-state index is 0.201. The number of hydrogen-bond acceptors (Lipinski definition) is 2. The summed E-state index contributed by atoms with van der Waals surface area (Å²) in [5.41, 5.74) is 0.907. The summed E-state index contributed by atoms with van der Waals surface area (Å²) >= 11 is 0. The van der Waals surface area contributed by atoms with Gasteiger partial charge in [-0.25, -0.2) is 0 Å². The molecule has 3 nitrogen and oxygen atoms in total. The lowest BCUT2D eigenvalue weighted by Crippen LogP contribution is -2.17. The van der Waals surface area contributed by atoms with E-state index in [1.807, 2.05) is 24.3 Å². The maximum Gasteiger partial charge on any atom is 0.307 e. The lowest BCUT2D eigenvalue weighted by molar-refractivity contribution is -0.141. The molecule has 0 heterocycles. The number of carboxylic acid groups (broad SMARTS) is 1. The molecule has 0 saturated heterocycles. The third-order valence-corrected chi connectivity index (χ3v) is 2.66. The summed E-state index contributed by atoms with van der Waals surface area (Å²) in [6, 6.07) is 7.40. The number of ether oxygens (including phenoxy) is 1. The average Bonchev–Trinajstić information content (AvgIpc) is 2.30. The molecule has 0 aliphatic heterocycles. The molecule has 0 bridgehead atoms. The number of benzene rings is 1. The number of aliphatic carboxylic acids is 1. The monoisotopic (exact) mass is 220 g/mol. The van der Waals surface area contributed by atoms with Crippen molar-refractivity contribution in [1.82, 2.24) is 0 Å². The van der Waals surface area contributed by atoms with Crippen molar-refractivity contribution in [2.75, 3.05) is 7.11 Å². The lowest BCUT2D eigenvalue weighted by Gasteiger charge is -2.17. The van der Waals surface area contributed by atoms with Gasteiger partial charge in [0.25, 0.3) is 0 Å². The maximum atomic E-state index is 10.9. The van der Waals surface area contributed by atoms with E-state index in [0.717, 1.165) is 11.3 Å². The molecule has 0 fully saturated rings. The predicted octanol–water partition coefficient (Wildman–Crippen LogP) is 2.69. The molecule has 0 aromatic heterocycles. The first-order valence-corrected chi connectivity index (χ1v) is 5.09. The molecule has 0 spiro atoms. The Morgan fingerprint density at radius 2 is 2.25 bits per heavy atom. The fourth-order valence-electron chi connectivity index (χ4n) is 1.63. The zero-order valence-electron chi connectivity index (χ0n) is 9.51. The van der Waals surface area contributed by atoms with Gasteiger partial charge in [-0.2, -0.15) is 0 Å². The van der Waals surface area contributed by atoms with Gasteiger partial charge in [0.1, 0.15) is 5.75 Å². The second kappa shape index (κ2) is 5.35. The van der Waals surface area contributed by atoms with Gasteiger partial charge in [0.05, 0.1) is 13.0 Å². The van der Waals surface area contributed by atoms with Crippen molar-refractivity contribution in [2.24, 2.45) is 5.92 Å². The van der Waals surface area contributed by atoms with Crippen LogP contribution in [0.2, 0.25) is 0 Å². The minimum Gasteiger partial charge on any atom is -0.497 e. The molecule has 0 saturated carbocycles. The number of hydrogen-bond donors (Lipinski definition) is 1. The first-order valence-electron chi connectivity index (χ1n) is 5.09. The van der Waals surface area contributed by atoms with Crippen LogP contribution in [0.3, 0.4) is 0 Å². The van der Waals surface area contributed by atoms with E-state index in [1.165, 1.54) is 0 Å². The van der Waals surface area contributed by atoms with E-state index in [9.17, 15) is 4.79 Å². The topological polar surface area (TPSA) is 46.5 Å². The van der Waals surface area contributed by atoms with E-state index < -0.39 is 11.9 Å². The van der Waals surface area contributed by atoms with E-state index in [1.54, 1.807) is 20.1 Å². The zero-order valence-corrected chi connectivity index (χ0v) is 9.51. The molecular weight excluding hydrogens is 204 g/mol. The average molecular weight is 220 g/mol. The number of carboxylic acids is 1. The van der Waals surface area contributed by atoms with Crippen LogP contribution >= 0.6 is 0 Å². The number of allylic oxidation sites excluding steroid dienone is 1. The molecule has 16 heavy (non-hydrogen) atoms. The van der Waals surface area contributed by atoms with Gasteiger partial charge in [0, 0.05) is 5.92 Å². The normalized spacial score (nSPS) is 13.9. The first-order chi connectivity index (χ1) is 7.60. The Hall–Kier alpha value is -1.77. The highest BCUT2D eigenvalue weighted by atomic mass is 16.5. The Labute approximate surface area is 95.4 Å². The number of carbonyl (C=O) groups is 1. The lowest BCUT2D eigenvalue weighted by atomic mass is 9.87. The van der Waals surface area contributed by atoms with Crippen LogP contribution < -0.4 is 4.74 Å². The van der Waals surface area contributed by atoms with Crippen molar-refractivity contribution in [3.8, 4) is 5.75 Å². The summed E-state index contributed by atoms with van der Waals surface area (Å²) in [6.45, 7) is 5.37. The highest BCUT2D eigenvalue weighted by Crippen LogP contribution is 2.28. The van der Waals surface area contributed by atoms with Gasteiger partial charge in [0.15, 0.2) is 0 Å². The molecule has 0 amide bonds. The molecule has 1 N–H and O–H groups in total. The molecule has 0 aliphatic carbocycles. The van der Waals surface area contributed by atoms with Crippen molar-refractivity contribution in [3.05, 3.63) is 42.5 Å². The second-order valence-corrected chi connectivity index (χ2v) is 3.67. The highest BCUT2D eigenvalue weighted by molar-refractivity contribution is 5.71. The Bertz CT molecular complexity index is 385. The smallest absolute Gasteiger partial charge is 0.307 e. The molecule has 0 aliphatic rings. The third kappa shape index (κ3) is 2.63. The summed E-state index contributed by atoms with van der Waals surface area (Å²) in [5, 5.41) is 8.99. The Morgan fingerprint density at radius 1 is 1.56 bits per heavy atom. The van der Waals surface area contributed by atoms with Crippen LogP contribution in [0, 0.1) is 5.92 Å². The van der Waals surface area contributed by atoms with E-state index in [0.29, 0.717) is 0 Å². The maximum absolute atomic E-state index is 10.9. The third-order valence-electron chi connectivity index (χ3n) is 2.66. The standard InChI is InChI=1S/C13H16O3/c1-4-12(9(2)13(14)15)10-6-5-7-11(8-10)16-3/h4-9,12H,1H2,2-3H3,(H,14,15). The van der Waals surface area contributed by atoms with E-state index >= 15 is 0 Å². The summed E-state index contributed by atoms with van der Waals surface area (Å²) in [4.78, 5) is 10.9. The fourth-order valence-corrected chi connectivity index (χ4v) is 1.63. The molecule has 1 rings (SSSR count). The quantitative estimate of drug-likeness (QED) is 0.776. The number of methoxy groups -OCH3 is 1. The molecule has 2 unspecified atom stereocenters. The van der Waals surface area contributed by atoms with Crippen LogP contribution in [0.4, 0.5) is 0 Å². The molecule has 86 valence electrons. The molecule has 0 radical (unpaired) electrons. The summed E-state index contributed by atoms with van der Waals surface area (Å²) in [5.74, 6) is -0.799. The van der Waals surface area contributed by atoms with Crippen molar-refractivity contribution < 1.29 is 14.6 Å². The molecular formula is C13H16O3. The Kier molecular flexibility index (Phi) is 4.11. The fraction of sp³-hybridized carbons (Fsp3) is 0.308. The molecule has 1 aromatic carbocycles. The molecule has 2 atom stereocenters. The van der Waals surface area contributed by atoms with Crippen LogP contribution in [0.1, 0.15) is 18.4 Å². The largest absolute Gasteiger partial charge is 0.497 e. The minimum atomic E-state index is -0.826. The van der Waals surface area contributed by atoms with Crippen molar-refractivity contribution >= 4 is 5.97 Å². The van der Waals surface area contributed by atoms with Crippen LogP contribution in [-0.4, -0.2) is 18.2 Å². The second-order valence-electron chi connectivity index (χ2n) is 3.67. The van der Waals surface area contributed by atoms with Gasteiger partial charge in [-0.1, -0.05) is 25.1 Å². The summed E-state index contributed by atoms with van der Waals surface area (Å²) in [6.07, 6.45) is 1.66. The van der Waals surface area contributed by atoms with Crippen molar-refractivity contribution in [2.45, 2.75) is 12.8 Å². The number of rotatable bonds is 5. The summed E-state index contributed by atoms with van der Waals surface area (Å²) in [7, 11) is 1.59. The molecule has 3 heteroatoms. The summed E-state index contributed by atoms with van der Waals surface area (Å²) < 4.78 is 5.11. The van der Waals surface area contributed by atoms with Gasteiger partial charge in [-0.15, -0.1) is 6.58 Å². The molecule has 1 aromatic rings. The predicted molar refractivity (Wildman–Crippen MR) is 62.7 cm³/mol. The van der Waals surface area contributed by atoms with Gasteiger partial charge in [0.2, 0.25) is 0 Å². The SMILES string of the molecule is C=CC(c1cccc(OC)c1)C(C)C(=O)O. The van der Waals surface area contributed by atoms with Crippen LogP contribution in [0.5, 0.6) is 5.75 Å². The van der Waals surface area contributed by atoms with Gasteiger partial charge in [-0.3, -0.25) is 4.79 Å². The first kappa shape index (κ1) is 12.3. The van der Waals surface area contributed by atoms with E-state index in [-0.39, 0.29) is 5.92 Å². The van der Waals surface area contributed by atoms with E-state index in [4.69, 9.17) is 9.84 Å². The van der Waals surface area contributed by atoms with Crippen molar-refractivity contribution in [3.63, 3.8) is 0 Å². The zero-order chi connectivity index (χ0) is 12.1. The Morgan fingerprint density at radius 3 is 2.75 bits per heavy atom. The highest BCUT2D eigenvalue weighted by Gasteiger charge is 2.22. The van der Waals surface area contributed by atoms with Gasteiger partial charge < -0.3 is 9.84 Å². The Balaban J connectivity index is 3.03. The van der Waals surface area contributed by atoms with Crippen LogP contribution in [0.15, 0.2) is 36.9 Å². The van der Waals surface area contributed by atoms with Gasteiger partial charge in [-0.05, 0) is 17.7 Å². The van der Waals surface area contributed by atoms with Crippen LogP contribution in [-0.2, 0) is 4.79 Å². The van der Waals surface area contributed by atoms with Crippen LogP contribution in [0.25, 0.3) is 0 Å². The van der Waals surface area contributed by atoms with Gasteiger partial charge >= 0.3 is 5.97 Å². The van der Waals surface area contributed by atoms with Crippen molar-refractivity contribution in [1.29, 1.82) is 0 Å². The van der Waals surface area contributed by atoms with E-state index in [2.05, 4.69) is 6.58 Å².